The maximum atomic E-state index is 13.6. The van der Waals surface area contributed by atoms with E-state index in [9.17, 15) is 17.6 Å². The van der Waals surface area contributed by atoms with E-state index in [0.717, 1.165) is 6.07 Å². The van der Waals surface area contributed by atoms with E-state index >= 15 is 0 Å². The van der Waals surface area contributed by atoms with Gasteiger partial charge in [0.25, 0.3) is 0 Å². The van der Waals surface area contributed by atoms with E-state index in [1.165, 1.54) is 6.07 Å². The number of halogens is 5. The third kappa shape index (κ3) is 3.64. The number of nitrogens with zero attached hydrogens (tertiary/aromatic N) is 1. The van der Waals surface area contributed by atoms with Gasteiger partial charge in [0, 0.05) is 11.8 Å². The lowest BCUT2D eigenvalue weighted by molar-refractivity contribution is -0.137. The van der Waals surface area contributed by atoms with E-state index in [1.807, 2.05) is 0 Å². The lowest BCUT2D eigenvalue weighted by Gasteiger charge is -2.17. The molecule has 0 aliphatic carbocycles. The van der Waals surface area contributed by atoms with Crippen LogP contribution in [0.15, 0.2) is 36.5 Å². The van der Waals surface area contributed by atoms with E-state index < -0.39 is 23.6 Å². The predicted octanol–water partition coefficient (Wildman–Crippen LogP) is 5.07. The molecule has 0 saturated carbocycles. The molecule has 112 valence electrons. The summed E-state index contributed by atoms with van der Waals surface area (Å²) in [5.41, 5.74) is -0.563. The first-order valence-corrected chi connectivity index (χ1v) is 6.40. The van der Waals surface area contributed by atoms with Gasteiger partial charge in [-0.15, -0.1) is 0 Å². The van der Waals surface area contributed by atoms with Crippen molar-refractivity contribution in [3.8, 4) is 0 Å². The molecule has 1 heterocycles. The summed E-state index contributed by atoms with van der Waals surface area (Å²) in [5.74, 6) is -0.346. The van der Waals surface area contributed by atoms with Gasteiger partial charge >= 0.3 is 6.18 Å². The van der Waals surface area contributed by atoms with Gasteiger partial charge in [0.15, 0.2) is 0 Å². The molecule has 2 aromatic rings. The summed E-state index contributed by atoms with van der Waals surface area (Å²) in [6.45, 7) is 1.66. The second kappa shape index (κ2) is 5.89. The van der Waals surface area contributed by atoms with E-state index in [1.54, 1.807) is 25.1 Å². The zero-order valence-electron chi connectivity index (χ0n) is 10.9. The first-order chi connectivity index (χ1) is 9.79. The van der Waals surface area contributed by atoms with Gasteiger partial charge in [-0.3, -0.25) is 0 Å². The fraction of sp³-hybridized carbons (Fsp3) is 0.214. The molecule has 0 saturated heterocycles. The average Bonchev–Trinajstić information content (AvgIpc) is 2.40. The Morgan fingerprint density at radius 1 is 1.24 bits per heavy atom. The van der Waals surface area contributed by atoms with Crippen molar-refractivity contribution in [3.05, 3.63) is 58.5 Å². The Morgan fingerprint density at radius 2 is 1.90 bits per heavy atom. The Kier molecular flexibility index (Phi) is 4.37. The Morgan fingerprint density at radius 3 is 2.48 bits per heavy atom. The van der Waals surface area contributed by atoms with E-state index in [0.29, 0.717) is 11.8 Å². The van der Waals surface area contributed by atoms with Crippen LogP contribution in [0, 0.1) is 5.82 Å². The smallest absolute Gasteiger partial charge is 0.362 e. The van der Waals surface area contributed by atoms with Crippen LogP contribution in [0.1, 0.15) is 24.1 Å². The van der Waals surface area contributed by atoms with E-state index in [-0.39, 0.29) is 10.8 Å². The second-order valence-electron chi connectivity index (χ2n) is 4.44. The standard InChI is InChI=1S/C14H11ClF4N2/c1-8(10-4-2-3-5-12(10)16)21-13-11(15)6-9(7-20-13)14(17,18)19/h2-8H,1H3,(H,20,21). The summed E-state index contributed by atoms with van der Waals surface area (Å²) >= 11 is 5.79. The molecule has 1 aromatic carbocycles. The van der Waals surface area contributed by atoms with Crippen LogP contribution in [0.2, 0.25) is 5.02 Å². The molecule has 0 amide bonds. The Labute approximate surface area is 123 Å². The van der Waals surface area contributed by atoms with Crippen molar-refractivity contribution in [1.29, 1.82) is 0 Å². The predicted molar refractivity (Wildman–Crippen MR) is 72.7 cm³/mol. The van der Waals surface area contributed by atoms with Crippen molar-refractivity contribution >= 4 is 17.4 Å². The number of hydrogen-bond acceptors (Lipinski definition) is 2. The molecule has 1 aromatic heterocycles. The summed E-state index contributed by atoms with van der Waals surface area (Å²) < 4.78 is 51.2. The van der Waals surface area contributed by atoms with Gasteiger partial charge in [-0.2, -0.15) is 13.2 Å². The molecule has 0 aliphatic heterocycles. The molecule has 1 N–H and O–H groups in total. The Hall–Kier alpha value is -1.82. The van der Waals surface area contributed by atoms with Gasteiger partial charge in [-0.25, -0.2) is 9.37 Å². The van der Waals surface area contributed by atoms with Crippen molar-refractivity contribution in [2.24, 2.45) is 0 Å². The molecule has 2 rings (SSSR count). The van der Waals surface area contributed by atoms with Crippen LogP contribution < -0.4 is 5.32 Å². The van der Waals surface area contributed by atoms with Crippen LogP contribution in [0.3, 0.4) is 0 Å². The van der Waals surface area contributed by atoms with Gasteiger partial charge in [0.05, 0.1) is 16.6 Å². The quantitative estimate of drug-likeness (QED) is 0.800. The molecule has 0 aliphatic rings. The molecular formula is C14H11ClF4N2. The summed E-state index contributed by atoms with van der Waals surface area (Å²) in [7, 11) is 0. The highest BCUT2D eigenvalue weighted by atomic mass is 35.5. The average molecular weight is 319 g/mol. The van der Waals surface area contributed by atoms with Gasteiger partial charge in [-0.05, 0) is 19.1 Å². The van der Waals surface area contributed by atoms with Crippen LogP contribution in [0.25, 0.3) is 0 Å². The fourth-order valence-electron chi connectivity index (χ4n) is 1.81. The maximum absolute atomic E-state index is 13.6. The molecular weight excluding hydrogens is 308 g/mol. The van der Waals surface area contributed by atoms with Crippen LogP contribution in [-0.4, -0.2) is 4.98 Å². The molecule has 1 unspecified atom stereocenters. The van der Waals surface area contributed by atoms with Crippen LogP contribution in [-0.2, 0) is 6.18 Å². The Balaban J connectivity index is 2.23. The van der Waals surface area contributed by atoms with E-state index in [4.69, 9.17) is 11.6 Å². The zero-order chi connectivity index (χ0) is 15.6. The number of anilines is 1. The van der Waals surface area contributed by atoms with Crippen molar-refractivity contribution in [3.63, 3.8) is 0 Å². The first kappa shape index (κ1) is 15.6. The molecule has 7 heteroatoms. The lowest BCUT2D eigenvalue weighted by Crippen LogP contribution is -2.11. The molecule has 0 radical (unpaired) electrons. The lowest BCUT2D eigenvalue weighted by atomic mass is 10.1. The topological polar surface area (TPSA) is 24.9 Å². The summed E-state index contributed by atoms with van der Waals surface area (Å²) in [6.07, 6.45) is -3.82. The number of hydrogen-bond donors (Lipinski definition) is 1. The minimum atomic E-state index is -4.51. The number of nitrogens with one attached hydrogen (secondary N) is 1. The molecule has 21 heavy (non-hydrogen) atoms. The highest BCUT2D eigenvalue weighted by molar-refractivity contribution is 6.33. The third-order valence-corrected chi connectivity index (χ3v) is 3.18. The number of aromatic nitrogens is 1. The van der Waals surface area contributed by atoms with Crippen molar-refractivity contribution in [1.82, 2.24) is 4.98 Å². The minimum absolute atomic E-state index is 0.0698. The van der Waals surface area contributed by atoms with Crippen LogP contribution in [0.4, 0.5) is 23.4 Å². The summed E-state index contributed by atoms with van der Waals surface area (Å²) in [6, 6.07) is 6.38. The van der Waals surface area contributed by atoms with Crippen molar-refractivity contribution < 1.29 is 17.6 Å². The normalized spacial score (nSPS) is 13.0. The molecule has 2 nitrogen and oxygen atoms in total. The van der Waals surface area contributed by atoms with Gasteiger partial charge in [0.2, 0.25) is 0 Å². The van der Waals surface area contributed by atoms with Crippen molar-refractivity contribution in [2.75, 3.05) is 5.32 Å². The Bertz CT molecular complexity index is 643. The largest absolute Gasteiger partial charge is 0.417 e. The number of benzene rings is 1. The number of rotatable bonds is 3. The number of pyridine rings is 1. The maximum Gasteiger partial charge on any atom is 0.417 e. The monoisotopic (exact) mass is 318 g/mol. The summed E-state index contributed by atoms with van der Waals surface area (Å²) in [4.78, 5) is 3.65. The van der Waals surface area contributed by atoms with Crippen molar-refractivity contribution in [2.45, 2.75) is 19.1 Å². The molecule has 0 bridgehead atoms. The summed E-state index contributed by atoms with van der Waals surface area (Å²) in [5, 5.41) is 2.62. The van der Waals surface area contributed by atoms with Gasteiger partial charge in [0.1, 0.15) is 11.6 Å². The molecule has 1 atom stereocenters. The number of alkyl halides is 3. The SMILES string of the molecule is CC(Nc1ncc(C(F)(F)F)cc1Cl)c1ccccc1F. The molecule has 0 spiro atoms. The first-order valence-electron chi connectivity index (χ1n) is 6.02. The van der Waals surface area contributed by atoms with Gasteiger partial charge in [-0.1, -0.05) is 29.8 Å². The minimum Gasteiger partial charge on any atom is -0.362 e. The fourth-order valence-corrected chi connectivity index (χ4v) is 2.03. The highest BCUT2D eigenvalue weighted by Gasteiger charge is 2.31. The second-order valence-corrected chi connectivity index (χ2v) is 4.85. The third-order valence-electron chi connectivity index (χ3n) is 2.89. The van der Waals surface area contributed by atoms with Crippen LogP contribution in [0.5, 0.6) is 0 Å². The molecule has 0 fully saturated rings. The zero-order valence-corrected chi connectivity index (χ0v) is 11.6. The van der Waals surface area contributed by atoms with Crippen LogP contribution >= 0.6 is 11.6 Å². The highest BCUT2D eigenvalue weighted by Crippen LogP contribution is 2.33. The van der Waals surface area contributed by atoms with E-state index in [2.05, 4.69) is 10.3 Å². The van der Waals surface area contributed by atoms with Gasteiger partial charge < -0.3 is 5.32 Å².